The first-order chi connectivity index (χ1) is 13.8. The maximum Gasteiger partial charge on any atom is 0.416 e. The van der Waals surface area contributed by atoms with Crippen molar-refractivity contribution in [1.82, 2.24) is 14.9 Å². The number of aryl methyl sites for hydroxylation is 1. The van der Waals surface area contributed by atoms with Gasteiger partial charge in [0.2, 0.25) is 5.00 Å². The second-order valence-corrected chi connectivity index (χ2v) is 8.04. The molecule has 1 aliphatic heterocycles. The van der Waals surface area contributed by atoms with Gasteiger partial charge in [0.25, 0.3) is 0 Å². The molecule has 1 aliphatic rings. The quantitative estimate of drug-likeness (QED) is 0.551. The lowest BCUT2D eigenvalue weighted by molar-refractivity contribution is -0.137. The molecule has 0 aliphatic carbocycles. The predicted octanol–water partition coefficient (Wildman–Crippen LogP) is 4.99. The van der Waals surface area contributed by atoms with E-state index in [4.69, 9.17) is 11.6 Å². The molecule has 1 saturated heterocycles. The number of hydrogen-bond donors (Lipinski definition) is 0. The van der Waals surface area contributed by atoms with Gasteiger partial charge in [-0.1, -0.05) is 12.1 Å². The summed E-state index contributed by atoms with van der Waals surface area (Å²) in [6.07, 6.45) is -4.39. The highest BCUT2D eigenvalue weighted by molar-refractivity contribution is 7.22. The molecule has 150 valence electrons. The molecule has 5 nitrogen and oxygen atoms in total. The van der Waals surface area contributed by atoms with Crippen LogP contribution in [0.4, 0.5) is 24.0 Å². The van der Waals surface area contributed by atoms with Crippen LogP contribution in [0, 0.1) is 13.5 Å². The van der Waals surface area contributed by atoms with Crippen LogP contribution in [0.15, 0.2) is 24.3 Å². The number of hydrogen-bond acceptors (Lipinski definition) is 5. The first-order valence-electron chi connectivity index (χ1n) is 9.07. The molecule has 0 spiro atoms. The van der Waals surface area contributed by atoms with Crippen molar-refractivity contribution in [2.75, 3.05) is 38.1 Å². The molecule has 1 fully saturated rings. The average Bonchev–Trinajstić information content (AvgIpc) is 3.03. The van der Waals surface area contributed by atoms with Gasteiger partial charge in [-0.05, 0) is 31.7 Å². The Hall–Kier alpha value is -2.70. The number of anilines is 1. The number of nitrogens with zero attached hydrogens (tertiary/aromatic N) is 5. The molecule has 9 heteroatoms. The SMILES string of the molecule is [C-]#[N+]c1sc2nc(-c3ccc(C(F)(F)F)cc3)nc(N3CCN(C)CC3)c2c1C. The smallest absolute Gasteiger partial charge is 0.353 e. The molecule has 0 bridgehead atoms. The molecule has 3 heterocycles. The summed E-state index contributed by atoms with van der Waals surface area (Å²) < 4.78 is 38.7. The van der Waals surface area contributed by atoms with Gasteiger partial charge in [0.05, 0.1) is 12.1 Å². The minimum Gasteiger partial charge on any atom is -0.353 e. The second kappa shape index (κ2) is 7.28. The predicted molar refractivity (Wildman–Crippen MR) is 109 cm³/mol. The molecule has 0 amide bonds. The monoisotopic (exact) mass is 417 g/mol. The normalized spacial score (nSPS) is 15.7. The van der Waals surface area contributed by atoms with Crippen LogP contribution < -0.4 is 4.90 Å². The number of benzene rings is 1. The van der Waals surface area contributed by atoms with E-state index >= 15 is 0 Å². The fraction of sp³-hybridized carbons (Fsp3) is 0.350. The Morgan fingerprint density at radius 2 is 1.72 bits per heavy atom. The van der Waals surface area contributed by atoms with Gasteiger partial charge in [-0.15, -0.1) is 11.3 Å². The van der Waals surface area contributed by atoms with Crippen molar-refractivity contribution in [1.29, 1.82) is 0 Å². The van der Waals surface area contributed by atoms with E-state index in [0.717, 1.165) is 55.1 Å². The molecular formula is C20H18F3N5S. The lowest BCUT2D eigenvalue weighted by atomic mass is 10.1. The molecule has 3 aromatic rings. The Morgan fingerprint density at radius 3 is 2.31 bits per heavy atom. The number of piperazine rings is 1. The lowest BCUT2D eigenvalue weighted by Crippen LogP contribution is -2.45. The van der Waals surface area contributed by atoms with Crippen molar-refractivity contribution in [2.45, 2.75) is 13.1 Å². The van der Waals surface area contributed by atoms with E-state index in [1.165, 1.54) is 23.5 Å². The summed E-state index contributed by atoms with van der Waals surface area (Å²) in [6.45, 7) is 12.7. The van der Waals surface area contributed by atoms with Crippen molar-refractivity contribution < 1.29 is 13.2 Å². The average molecular weight is 417 g/mol. The highest BCUT2D eigenvalue weighted by atomic mass is 32.1. The van der Waals surface area contributed by atoms with Crippen LogP contribution in [0.1, 0.15) is 11.1 Å². The minimum absolute atomic E-state index is 0.373. The first-order valence-corrected chi connectivity index (χ1v) is 9.89. The summed E-state index contributed by atoms with van der Waals surface area (Å²) in [5, 5.41) is 1.43. The maximum absolute atomic E-state index is 12.9. The molecule has 4 rings (SSSR count). The zero-order chi connectivity index (χ0) is 20.8. The first kappa shape index (κ1) is 19.6. The van der Waals surface area contributed by atoms with Crippen LogP contribution in [0.2, 0.25) is 0 Å². The van der Waals surface area contributed by atoms with Crippen molar-refractivity contribution in [3.05, 3.63) is 46.8 Å². The second-order valence-electron chi connectivity index (χ2n) is 7.06. The molecule has 0 N–H and O–H groups in total. The lowest BCUT2D eigenvalue weighted by Gasteiger charge is -2.33. The molecule has 1 aromatic carbocycles. The van der Waals surface area contributed by atoms with Gasteiger partial charge in [-0.3, -0.25) is 0 Å². The van der Waals surface area contributed by atoms with Crippen LogP contribution in [0.3, 0.4) is 0 Å². The van der Waals surface area contributed by atoms with E-state index in [2.05, 4.69) is 26.7 Å². The molecule has 0 atom stereocenters. The summed E-state index contributed by atoms with van der Waals surface area (Å²) in [7, 11) is 2.06. The van der Waals surface area contributed by atoms with Gasteiger partial charge < -0.3 is 9.80 Å². The zero-order valence-electron chi connectivity index (χ0n) is 15.9. The molecule has 0 saturated carbocycles. The van der Waals surface area contributed by atoms with Crippen molar-refractivity contribution in [3.8, 4) is 11.4 Å². The van der Waals surface area contributed by atoms with Gasteiger partial charge in [-0.2, -0.15) is 13.2 Å². The highest BCUT2D eigenvalue weighted by Crippen LogP contribution is 2.41. The Bertz CT molecular complexity index is 1090. The third kappa shape index (κ3) is 3.66. The Balaban J connectivity index is 1.84. The van der Waals surface area contributed by atoms with Crippen molar-refractivity contribution >= 4 is 32.4 Å². The number of thiophene rings is 1. The van der Waals surface area contributed by atoms with Crippen LogP contribution in [0.25, 0.3) is 26.4 Å². The number of fused-ring (bicyclic) bond motifs is 1. The molecule has 29 heavy (non-hydrogen) atoms. The molecule has 0 unspecified atom stereocenters. The van der Waals surface area contributed by atoms with Gasteiger partial charge in [0.15, 0.2) is 5.82 Å². The van der Waals surface area contributed by atoms with Gasteiger partial charge >= 0.3 is 6.18 Å². The summed E-state index contributed by atoms with van der Waals surface area (Å²) in [6, 6.07) is 4.88. The van der Waals surface area contributed by atoms with E-state index < -0.39 is 11.7 Å². The number of aromatic nitrogens is 2. The van der Waals surface area contributed by atoms with Gasteiger partial charge in [0.1, 0.15) is 10.6 Å². The Kier molecular flexibility index (Phi) is 4.92. The third-order valence-electron chi connectivity index (χ3n) is 5.12. The summed E-state index contributed by atoms with van der Waals surface area (Å²) >= 11 is 1.30. The topological polar surface area (TPSA) is 36.6 Å². The number of halogens is 3. The molecular weight excluding hydrogens is 399 g/mol. The van der Waals surface area contributed by atoms with Crippen molar-refractivity contribution in [3.63, 3.8) is 0 Å². The Labute approximate surface area is 170 Å². The largest absolute Gasteiger partial charge is 0.416 e. The minimum atomic E-state index is -4.39. The number of alkyl halides is 3. The van der Waals surface area contributed by atoms with E-state index in [0.29, 0.717) is 21.2 Å². The van der Waals surface area contributed by atoms with Gasteiger partial charge in [-0.25, -0.2) is 14.8 Å². The highest BCUT2D eigenvalue weighted by Gasteiger charge is 2.30. The fourth-order valence-corrected chi connectivity index (χ4v) is 4.36. The molecule has 0 radical (unpaired) electrons. The van der Waals surface area contributed by atoms with E-state index in [9.17, 15) is 13.2 Å². The van der Waals surface area contributed by atoms with Gasteiger partial charge in [0, 0.05) is 37.1 Å². The summed E-state index contributed by atoms with van der Waals surface area (Å²) in [5.74, 6) is 1.12. The number of likely N-dealkylation sites (N-methyl/N-ethyl adjacent to an activating group) is 1. The van der Waals surface area contributed by atoms with Crippen LogP contribution >= 0.6 is 11.3 Å². The fourth-order valence-electron chi connectivity index (χ4n) is 3.40. The van der Waals surface area contributed by atoms with Crippen LogP contribution in [0.5, 0.6) is 0 Å². The van der Waals surface area contributed by atoms with Crippen LogP contribution in [-0.4, -0.2) is 48.1 Å². The van der Waals surface area contributed by atoms with Crippen LogP contribution in [-0.2, 0) is 6.18 Å². The molecule has 2 aromatic heterocycles. The third-order valence-corrected chi connectivity index (χ3v) is 6.20. The van der Waals surface area contributed by atoms with E-state index in [1.807, 2.05) is 6.92 Å². The zero-order valence-corrected chi connectivity index (χ0v) is 16.7. The number of rotatable bonds is 2. The summed E-state index contributed by atoms with van der Waals surface area (Å²) in [5.41, 5.74) is 0.669. The summed E-state index contributed by atoms with van der Waals surface area (Å²) in [4.78, 5) is 18.0. The van der Waals surface area contributed by atoms with E-state index in [1.54, 1.807) is 0 Å². The van der Waals surface area contributed by atoms with E-state index in [-0.39, 0.29) is 0 Å². The Morgan fingerprint density at radius 1 is 1.07 bits per heavy atom. The maximum atomic E-state index is 12.9. The standard InChI is InChI=1S/C20H18F3N5S/c1-12-15-17(28-10-8-27(3)9-11-28)25-16(26-19(15)29-18(12)24-2)13-4-6-14(7-5-13)20(21,22)23/h4-7H,8-11H2,1,3H3. The van der Waals surface area contributed by atoms with Crippen molar-refractivity contribution in [2.24, 2.45) is 0 Å².